The maximum absolute atomic E-state index is 13.7. The molecule has 57 heavy (non-hydrogen) atoms. The molecule has 330 valence electrons. The predicted octanol–water partition coefficient (Wildman–Crippen LogP) is 3.79. The Bertz CT molecular complexity index is 1260. The molecule has 6 atom stereocenters. The Hall–Kier alpha value is -3.75. The number of hydrogen-bond donors (Lipinski definition) is 8. The molecule has 0 aromatic rings. The topological polar surface area (TPSA) is 224 Å². The number of unbranched alkanes of at least 4 members (excludes halogenated alkanes) is 9. The first-order chi connectivity index (χ1) is 26.7. The van der Waals surface area contributed by atoms with Gasteiger partial charge in [0.05, 0.1) is 12.5 Å². The summed E-state index contributed by atoms with van der Waals surface area (Å²) in [7, 11) is 1.67. The Morgan fingerprint density at radius 1 is 0.439 bits per heavy atom. The molecule has 0 aliphatic carbocycles. The van der Waals surface area contributed by atoms with Crippen LogP contribution in [0.15, 0.2) is 0 Å². The van der Waals surface area contributed by atoms with Gasteiger partial charge in [-0.3, -0.25) is 28.8 Å². The molecular weight excluding hydrogens is 731 g/mol. The molecule has 0 aromatic carbocycles. The number of carbonyl (C=O) groups excluding carboxylic acids is 6. The summed E-state index contributed by atoms with van der Waals surface area (Å²) >= 11 is 0. The van der Waals surface area contributed by atoms with E-state index in [0.717, 1.165) is 25.7 Å². The van der Waals surface area contributed by atoms with Crippen molar-refractivity contribution in [1.29, 1.82) is 0 Å². The van der Waals surface area contributed by atoms with Crippen molar-refractivity contribution in [1.82, 2.24) is 37.2 Å². The summed E-state index contributed by atoms with van der Waals surface area (Å²) in [5, 5.41) is 28.9. The number of carboxylic acid groups (broad SMARTS) is 1. The molecule has 8 N–H and O–H groups in total. The second-order valence-electron chi connectivity index (χ2n) is 17.1. The molecule has 6 amide bonds. The molecule has 0 spiro atoms. The minimum absolute atomic E-state index is 0.0328. The average molecular weight is 810 g/mol. The van der Waals surface area contributed by atoms with Gasteiger partial charge in [-0.15, -0.1) is 0 Å². The predicted molar refractivity (Wildman–Crippen MR) is 224 cm³/mol. The normalized spacial score (nSPS) is 14.8. The zero-order valence-corrected chi connectivity index (χ0v) is 37.1. The molecule has 0 heterocycles. The fraction of sp³-hybridized carbons (Fsp3) is 0.833. The van der Waals surface area contributed by atoms with Crippen molar-refractivity contribution >= 4 is 41.4 Å². The van der Waals surface area contributed by atoms with Gasteiger partial charge in [-0.25, -0.2) is 4.79 Å². The Labute approximate surface area is 342 Å². The number of nitrogens with one attached hydrogen (secondary N) is 7. The summed E-state index contributed by atoms with van der Waals surface area (Å²) in [5.74, 6) is -6.53. The van der Waals surface area contributed by atoms with E-state index in [-0.39, 0.29) is 17.7 Å². The van der Waals surface area contributed by atoms with Crippen LogP contribution in [0.2, 0.25) is 0 Å². The zero-order chi connectivity index (χ0) is 43.8. The van der Waals surface area contributed by atoms with E-state index in [2.05, 4.69) is 44.1 Å². The average Bonchev–Trinajstić information content (AvgIpc) is 3.11. The summed E-state index contributed by atoms with van der Waals surface area (Å²) in [5.41, 5.74) is 0. The summed E-state index contributed by atoms with van der Waals surface area (Å²) in [6.45, 7) is 20.2. The highest BCUT2D eigenvalue weighted by molar-refractivity contribution is 5.97. The third-order valence-electron chi connectivity index (χ3n) is 10.1. The van der Waals surface area contributed by atoms with E-state index in [4.69, 9.17) is 0 Å². The molecule has 0 radical (unpaired) electrons. The lowest BCUT2D eigenvalue weighted by Crippen LogP contribution is -2.62. The first-order valence-electron chi connectivity index (χ1n) is 21.4. The van der Waals surface area contributed by atoms with Crippen LogP contribution in [-0.2, 0) is 33.6 Å². The van der Waals surface area contributed by atoms with E-state index in [1.165, 1.54) is 38.5 Å². The molecule has 15 heteroatoms. The Morgan fingerprint density at radius 2 is 0.737 bits per heavy atom. The molecule has 0 fully saturated rings. The first kappa shape index (κ1) is 53.2. The number of aliphatic carboxylic acids is 1. The van der Waals surface area contributed by atoms with Gasteiger partial charge in [-0.05, 0) is 43.1 Å². The van der Waals surface area contributed by atoms with Crippen LogP contribution in [0.1, 0.15) is 147 Å². The SMILES string of the molecule is CCCCCCCCCCCCNC(=O)C[C@H](NC(=O)[C@@H](NC(=O)[C@@H](NC(=O)[C@@H](NC(=O)[C@@H](NC(=O)[C@@H](NC)C(C)C)C(C)C)C(C)C)C(C)C)C(C)C)C(=O)O. The maximum Gasteiger partial charge on any atom is 0.326 e. The van der Waals surface area contributed by atoms with Gasteiger partial charge in [0.15, 0.2) is 0 Å². The van der Waals surface area contributed by atoms with Crippen molar-refractivity contribution in [2.45, 2.75) is 183 Å². The lowest BCUT2D eigenvalue weighted by Gasteiger charge is -2.31. The summed E-state index contributed by atoms with van der Waals surface area (Å²) in [4.78, 5) is 91.9. The van der Waals surface area contributed by atoms with Crippen molar-refractivity contribution in [3.8, 4) is 0 Å². The van der Waals surface area contributed by atoms with Gasteiger partial charge >= 0.3 is 5.97 Å². The van der Waals surface area contributed by atoms with E-state index in [9.17, 15) is 38.7 Å². The van der Waals surface area contributed by atoms with E-state index in [0.29, 0.717) is 6.54 Å². The standard InChI is InChI=1S/C42H79N7O8/c1-13-14-15-16-17-18-19-20-21-22-23-44-31(50)24-30(42(56)57)45-38(52)33(26(4)5)47-40(54)35(28(8)9)49-41(55)36(29(10)11)48-39(53)34(27(6)7)46-37(51)32(43-12)25(2)3/h25-30,32-36,43H,13-24H2,1-12H3,(H,44,50)(H,45,52)(H,46,51)(H,47,54)(H,48,53)(H,49,55)(H,56,57)/t30-,32-,33-,34-,35-,36-/m0/s1. The van der Waals surface area contributed by atoms with E-state index in [1.54, 1.807) is 62.4 Å². The third kappa shape index (κ3) is 21.0. The highest BCUT2D eigenvalue weighted by Crippen LogP contribution is 2.13. The number of carboxylic acids is 1. The van der Waals surface area contributed by atoms with Gasteiger partial charge in [0.25, 0.3) is 0 Å². The van der Waals surface area contributed by atoms with Crippen LogP contribution in [0.5, 0.6) is 0 Å². The van der Waals surface area contributed by atoms with Crippen molar-refractivity contribution < 1.29 is 38.7 Å². The van der Waals surface area contributed by atoms with Gasteiger partial charge < -0.3 is 42.3 Å². The summed E-state index contributed by atoms with van der Waals surface area (Å²) < 4.78 is 0. The minimum Gasteiger partial charge on any atom is -0.480 e. The molecule has 0 saturated heterocycles. The number of amides is 6. The number of likely N-dealkylation sites (N-methyl/N-ethyl adjacent to an activating group) is 1. The second kappa shape index (κ2) is 28.6. The first-order valence-corrected chi connectivity index (χ1v) is 21.4. The van der Waals surface area contributed by atoms with Crippen molar-refractivity contribution in [2.24, 2.45) is 29.6 Å². The molecule has 0 saturated carbocycles. The van der Waals surface area contributed by atoms with Crippen molar-refractivity contribution in [3.05, 3.63) is 0 Å². The highest BCUT2D eigenvalue weighted by Gasteiger charge is 2.36. The fourth-order valence-corrected chi connectivity index (χ4v) is 6.44. The van der Waals surface area contributed by atoms with Crippen LogP contribution in [-0.4, -0.2) is 96.4 Å². The smallest absolute Gasteiger partial charge is 0.326 e. The van der Waals surface area contributed by atoms with Gasteiger partial charge in [0.1, 0.15) is 30.2 Å². The van der Waals surface area contributed by atoms with Crippen LogP contribution < -0.4 is 37.2 Å². The van der Waals surface area contributed by atoms with Gasteiger partial charge in [0.2, 0.25) is 35.4 Å². The molecule has 0 aromatic heterocycles. The molecule has 0 aliphatic heterocycles. The lowest BCUT2D eigenvalue weighted by molar-refractivity contribution is -0.144. The monoisotopic (exact) mass is 810 g/mol. The minimum atomic E-state index is -1.52. The fourth-order valence-electron chi connectivity index (χ4n) is 6.44. The van der Waals surface area contributed by atoms with E-state index < -0.39 is 95.9 Å². The van der Waals surface area contributed by atoms with Crippen LogP contribution in [0.25, 0.3) is 0 Å². The molecule has 0 bridgehead atoms. The molecular formula is C42H79N7O8. The van der Waals surface area contributed by atoms with Gasteiger partial charge in [-0.2, -0.15) is 0 Å². The summed E-state index contributed by atoms with van der Waals surface area (Å²) in [6.07, 6.45) is 11.0. The van der Waals surface area contributed by atoms with Crippen molar-refractivity contribution in [3.63, 3.8) is 0 Å². The molecule has 0 aliphatic rings. The van der Waals surface area contributed by atoms with E-state index in [1.807, 2.05) is 13.8 Å². The van der Waals surface area contributed by atoms with Crippen LogP contribution >= 0.6 is 0 Å². The van der Waals surface area contributed by atoms with Gasteiger partial charge in [0, 0.05) is 6.54 Å². The maximum atomic E-state index is 13.7. The Kier molecular flexibility index (Phi) is 26.7. The van der Waals surface area contributed by atoms with Crippen LogP contribution in [0.4, 0.5) is 0 Å². The Morgan fingerprint density at radius 3 is 1.04 bits per heavy atom. The van der Waals surface area contributed by atoms with Crippen LogP contribution in [0.3, 0.4) is 0 Å². The zero-order valence-electron chi connectivity index (χ0n) is 37.1. The summed E-state index contributed by atoms with van der Waals surface area (Å²) in [6, 6.07) is -6.35. The van der Waals surface area contributed by atoms with E-state index >= 15 is 0 Å². The van der Waals surface area contributed by atoms with Crippen LogP contribution in [0, 0.1) is 29.6 Å². The van der Waals surface area contributed by atoms with Gasteiger partial charge in [-0.1, -0.05) is 134 Å². The molecule has 0 rings (SSSR count). The Balaban J connectivity index is 5.50. The largest absolute Gasteiger partial charge is 0.480 e. The van der Waals surface area contributed by atoms with Crippen molar-refractivity contribution in [2.75, 3.05) is 13.6 Å². The second-order valence-corrected chi connectivity index (χ2v) is 17.1. The quantitative estimate of drug-likeness (QED) is 0.0494. The third-order valence-corrected chi connectivity index (χ3v) is 10.1. The number of carbonyl (C=O) groups is 7. The molecule has 15 nitrogen and oxygen atoms in total. The number of hydrogen-bond acceptors (Lipinski definition) is 8. The number of rotatable bonds is 30. The lowest BCUT2D eigenvalue weighted by atomic mass is 9.96. The highest BCUT2D eigenvalue weighted by atomic mass is 16.4. The molecule has 0 unspecified atom stereocenters.